The van der Waals surface area contributed by atoms with E-state index in [-0.39, 0.29) is 23.8 Å². The molecule has 0 aromatic heterocycles. The van der Waals surface area contributed by atoms with Gasteiger partial charge in [0.1, 0.15) is 23.7 Å². The van der Waals surface area contributed by atoms with Gasteiger partial charge in [-0.25, -0.2) is 0 Å². The quantitative estimate of drug-likeness (QED) is 0.274. The summed E-state index contributed by atoms with van der Waals surface area (Å²) in [5.74, 6) is 1.57. The number of carbonyl (C=O) groups excluding carboxylic acids is 2. The number of likely N-dealkylation sites (N-methyl/N-ethyl adjacent to an activating group) is 1. The van der Waals surface area contributed by atoms with Crippen LogP contribution in [0.1, 0.15) is 53.1 Å². The molecule has 0 radical (unpaired) electrons. The summed E-state index contributed by atoms with van der Waals surface area (Å²) >= 11 is 1.03. The van der Waals surface area contributed by atoms with E-state index in [2.05, 4.69) is 45.1 Å². The molecular formula is C34H40N2O5S. The van der Waals surface area contributed by atoms with Crippen molar-refractivity contribution in [2.75, 3.05) is 13.7 Å². The lowest BCUT2D eigenvalue weighted by Crippen LogP contribution is -2.46. The van der Waals surface area contributed by atoms with Crippen LogP contribution in [-0.2, 0) is 29.1 Å². The second kappa shape index (κ2) is 12.9. The molecule has 0 aliphatic carbocycles. The molecule has 2 amide bonds. The van der Waals surface area contributed by atoms with Gasteiger partial charge >= 0.3 is 5.24 Å². The van der Waals surface area contributed by atoms with Gasteiger partial charge < -0.3 is 14.8 Å². The van der Waals surface area contributed by atoms with E-state index in [0.717, 1.165) is 69.0 Å². The minimum atomic E-state index is -0.473. The van der Waals surface area contributed by atoms with Crippen LogP contribution >= 0.6 is 11.8 Å². The molecule has 0 saturated carbocycles. The van der Waals surface area contributed by atoms with E-state index in [1.807, 2.05) is 55.6 Å². The first-order chi connectivity index (χ1) is 20.2. The van der Waals surface area contributed by atoms with Crippen LogP contribution in [0.25, 0.3) is 0 Å². The highest BCUT2D eigenvalue weighted by Gasteiger charge is 2.42. The lowest BCUT2D eigenvalue weighted by molar-refractivity contribution is -0.166. The van der Waals surface area contributed by atoms with E-state index in [1.54, 1.807) is 0 Å². The van der Waals surface area contributed by atoms with Gasteiger partial charge in [0.2, 0.25) is 0 Å². The molecule has 5 rings (SSSR count). The van der Waals surface area contributed by atoms with E-state index in [0.29, 0.717) is 19.4 Å². The fraction of sp³-hybridized carbons (Fsp3) is 0.412. The second-order valence-corrected chi connectivity index (χ2v) is 12.7. The Morgan fingerprint density at radius 1 is 1.00 bits per heavy atom. The number of imide groups is 1. The van der Waals surface area contributed by atoms with Crippen molar-refractivity contribution in [2.24, 2.45) is 0 Å². The monoisotopic (exact) mass is 588 g/mol. The van der Waals surface area contributed by atoms with Crippen molar-refractivity contribution < 1.29 is 23.9 Å². The molecule has 2 heterocycles. The largest absolute Gasteiger partial charge is 0.488 e. The zero-order valence-electron chi connectivity index (χ0n) is 25.1. The van der Waals surface area contributed by atoms with Crippen LogP contribution in [0.3, 0.4) is 0 Å². The number of thioether (sulfide) groups is 1. The van der Waals surface area contributed by atoms with Crippen LogP contribution in [0.4, 0.5) is 4.79 Å². The van der Waals surface area contributed by atoms with Crippen molar-refractivity contribution in [2.45, 2.75) is 76.9 Å². The minimum Gasteiger partial charge on any atom is -0.488 e. The van der Waals surface area contributed by atoms with E-state index < -0.39 is 10.9 Å². The van der Waals surface area contributed by atoms with Crippen molar-refractivity contribution in [3.05, 3.63) is 94.0 Å². The van der Waals surface area contributed by atoms with E-state index in [9.17, 15) is 9.59 Å². The molecular weight excluding hydrogens is 548 g/mol. The van der Waals surface area contributed by atoms with Gasteiger partial charge in [0.25, 0.3) is 5.91 Å². The normalized spacial score (nSPS) is 20.8. The maximum Gasteiger partial charge on any atom is 0.313 e. The number of hydrogen-bond acceptors (Lipinski definition) is 7. The summed E-state index contributed by atoms with van der Waals surface area (Å²) in [5, 5.41) is 3.40. The van der Waals surface area contributed by atoms with Gasteiger partial charge in [-0.15, -0.1) is 5.06 Å². The maximum atomic E-state index is 13.0. The lowest BCUT2D eigenvalue weighted by Gasteiger charge is -2.40. The highest BCUT2D eigenvalue weighted by atomic mass is 32.2. The number of fused-ring (bicyclic) bond motifs is 1. The third-order valence-electron chi connectivity index (χ3n) is 8.43. The molecule has 0 bridgehead atoms. The maximum absolute atomic E-state index is 13.0. The van der Waals surface area contributed by atoms with Gasteiger partial charge in [0.15, 0.2) is 0 Å². The molecule has 42 heavy (non-hydrogen) atoms. The fourth-order valence-corrected chi connectivity index (χ4v) is 6.77. The molecule has 3 aromatic carbocycles. The predicted octanol–water partition coefficient (Wildman–Crippen LogP) is 6.49. The fourth-order valence-electron chi connectivity index (χ4n) is 5.82. The smallest absolute Gasteiger partial charge is 0.313 e. The lowest BCUT2D eigenvalue weighted by atomic mass is 9.84. The minimum absolute atomic E-state index is 0.119. The number of ether oxygens (including phenoxy) is 2. The Balaban J connectivity index is 1.22. The van der Waals surface area contributed by atoms with Gasteiger partial charge in [0, 0.05) is 18.0 Å². The summed E-state index contributed by atoms with van der Waals surface area (Å²) in [6, 6.07) is 19.8. The van der Waals surface area contributed by atoms with Gasteiger partial charge in [-0.1, -0.05) is 60.7 Å². The molecule has 2 aliphatic rings. The van der Waals surface area contributed by atoms with Crippen LogP contribution in [0.15, 0.2) is 60.7 Å². The van der Waals surface area contributed by atoms with E-state index >= 15 is 0 Å². The van der Waals surface area contributed by atoms with Crippen LogP contribution in [-0.4, -0.2) is 46.8 Å². The Hall–Kier alpha value is -3.33. The molecule has 222 valence electrons. The molecule has 1 N–H and O–H groups in total. The molecule has 2 aliphatic heterocycles. The van der Waals surface area contributed by atoms with Gasteiger partial charge in [0.05, 0.1) is 11.9 Å². The zero-order chi connectivity index (χ0) is 29.9. The zero-order valence-corrected chi connectivity index (χ0v) is 25.9. The number of amides is 2. The van der Waals surface area contributed by atoms with Crippen molar-refractivity contribution in [3.8, 4) is 11.5 Å². The summed E-state index contributed by atoms with van der Waals surface area (Å²) in [5.41, 5.74) is 6.23. The Morgan fingerprint density at radius 3 is 2.33 bits per heavy atom. The number of hydroxylamine groups is 2. The Morgan fingerprint density at radius 2 is 1.67 bits per heavy atom. The number of rotatable bonds is 11. The van der Waals surface area contributed by atoms with Crippen molar-refractivity contribution in [1.82, 2.24) is 10.4 Å². The molecule has 0 spiro atoms. The van der Waals surface area contributed by atoms with Crippen molar-refractivity contribution in [3.63, 3.8) is 0 Å². The first-order valence-corrected chi connectivity index (χ1v) is 15.4. The highest BCUT2D eigenvalue weighted by molar-refractivity contribution is 8.15. The molecule has 7 nitrogen and oxygen atoms in total. The number of carbonyl (C=O) groups is 2. The van der Waals surface area contributed by atoms with Gasteiger partial charge in [-0.3, -0.25) is 14.4 Å². The molecule has 3 aromatic rings. The second-order valence-electron chi connectivity index (χ2n) is 11.5. The van der Waals surface area contributed by atoms with Gasteiger partial charge in [-0.05, 0) is 93.6 Å². The van der Waals surface area contributed by atoms with Crippen LogP contribution in [0, 0.1) is 20.8 Å². The number of nitrogens with one attached hydrogen (secondary N) is 1. The average molecular weight is 589 g/mol. The molecule has 3 atom stereocenters. The highest BCUT2D eigenvalue weighted by Crippen LogP contribution is 2.45. The van der Waals surface area contributed by atoms with Crippen molar-refractivity contribution >= 4 is 22.9 Å². The Labute approximate surface area is 252 Å². The summed E-state index contributed by atoms with van der Waals surface area (Å²) < 4.78 is 13.1. The number of benzene rings is 3. The molecule has 3 unspecified atom stereocenters. The summed E-state index contributed by atoms with van der Waals surface area (Å²) in [6.45, 7) is 9.15. The Kier molecular flexibility index (Phi) is 9.25. The van der Waals surface area contributed by atoms with E-state index in [1.165, 1.54) is 5.56 Å². The first-order valence-electron chi connectivity index (χ1n) is 14.6. The third kappa shape index (κ3) is 6.51. The number of hydrogen-bond donors (Lipinski definition) is 1. The van der Waals surface area contributed by atoms with Crippen LogP contribution in [0.5, 0.6) is 11.5 Å². The average Bonchev–Trinajstić information content (AvgIpc) is 3.26. The standard InChI is InChI=1S/C34H40N2O5S/c1-22-23(2)31-28(24(3)30(22)39-20-26-14-10-7-11-15-26)16-17-34(4,41-31)19-27(35-5)21-40-36-32(37)29(42-33(36)38)18-25-12-8-6-9-13-25/h6-15,27,29,35H,16-21H2,1-5H3. The summed E-state index contributed by atoms with van der Waals surface area (Å²) in [6.07, 6.45) is 2.85. The third-order valence-corrected chi connectivity index (χ3v) is 9.45. The molecule has 8 heteroatoms. The topological polar surface area (TPSA) is 77.1 Å². The summed E-state index contributed by atoms with van der Waals surface area (Å²) in [4.78, 5) is 31.4. The SMILES string of the molecule is CNC(CON1C(=O)SC(Cc2ccccc2)C1=O)CC1(C)CCc2c(C)c(OCc3ccccc3)c(C)c(C)c2O1. The first kappa shape index (κ1) is 30.1. The van der Waals surface area contributed by atoms with Crippen LogP contribution < -0.4 is 14.8 Å². The Bertz CT molecular complexity index is 1430. The predicted molar refractivity (Wildman–Crippen MR) is 166 cm³/mol. The molecule has 1 saturated heterocycles. The van der Waals surface area contributed by atoms with Gasteiger partial charge in [-0.2, -0.15) is 0 Å². The van der Waals surface area contributed by atoms with Crippen molar-refractivity contribution in [1.29, 1.82) is 0 Å². The van der Waals surface area contributed by atoms with Crippen LogP contribution in [0.2, 0.25) is 0 Å². The summed E-state index contributed by atoms with van der Waals surface area (Å²) in [7, 11) is 1.87. The number of nitrogens with zero attached hydrogens (tertiary/aromatic N) is 1. The van der Waals surface area contributed by atoms with E-state index in [4.69, 9.17) is 14.3 Å². The molecule has 1 fully saturated rings.